The maximum absolute atomic E-state index is 2.25. The number of hydrogen-bond donors (Lipinski definition) is 0. The smallest absolute Gasteiger partial charge is 1.00 e. The Bertz CT molecular complexity index is 4290. The van der Waals surface area contributed by atoms with Crippen LogP contribution in [0.15, 0.2) is 291 Å². The minimum atomic E-state index is 0. The summed E-state index contributed by atoms with van der Waals surface area (Å²) in [6, 6.07) is 105. The minimum absolute atomic E-state index is 0. The fourth-order valence-electron chi connectivity index (χ4n) is 12.4. The Morgan fingerprint density at radius 3 is 0.583 bits per heavy atom. The fraction of sp³-hybridized carbons (Fsp3) is 0.0500. The maximum Gasteiger partial charge on any atom is 2.00 e. The van der Waals surface area contributed by atoms with E-state index >= 15 is 0 Å². The number of fused-ring (bicyclic) bond motifs is 8. The molecule has 4 heteroatoms. The topological polar surface area (TPSA) is 0 Å². The Balaban J connectivity index is 0.000000132. The van der Waals surface area contributed by atoms with Crippen LogP contribution in [-0.2, 0) is 52.4 Å². The van der Waals surface area contributed by atoms with E-state index in [-0.39, 0.29) is 77.2 Å². The van der Waals surface area contributed by atoms with E-state index in [1.54, 1.807) is 0 Å². The van der Waals surface area contributed by atoms with E-state index < -0.39 is 0 Å². The van der Waals surface area contributed by atoms with E-state index in [0.717, 1.165) is 0 Å². The zero-order valence-electron chi connectivity index (χ0n) is 47.5. The zero-order valence-corrected chi connectivity index (χ0v) is 53.9. The third-order valence-corrected chi connectivity index (χ3v) is 16.3. The summed E-state index contributed by atoms with van der Waals surface area (Å²) in [5, 5.41) is 21.2. The van der Waals surface area contributed by atoms with Crippen LogP contribution in [0.2, 0.25) is 0 Å². The summed E-state index contributed by atoms with van der Waals surface area (Å²) in [7, 11) is 0. The second kappa shape index (κ2) is 27.0. The third kappa shape index (κ3) is 11.8. The van der Waals surface area contributed by atoms with Crippen molar-refractivity contribution in [3.8, 4) is 44.5 Å². The van der Waals surface area contributed by atoms with Crippen molar-refractivity contribution in [3.63, 3.8) is 0 Å². The first kappa shape index (κ1) is 61.0. The SMILES string of the molecule is Cc1ccc2ccccc2c1-[c-]1ccc2ccccc21.Cc1ccc2ccccc2c1-[c-]1ccc2ccccc21.Cc1ccc2ccccc2c1-[c-]1ccc2ccccc21.Cc1ccc2ccccc2c1-[c-]1ccc2ccccc21.[Cl-].[Cl-].[Zr+2].[Zr+2]. The molecule has 0 bridgehead atoms. The predicted molar refractivity (Wildman–Crippen MR) is 349 cm³/mol. The van der Waals surface area contributed by atoms with E-state index in [1.165, 1.54) is 153 Å². The van der Waals surface area contributed by atoms with Gasteiger partial charge in [0, 0.05) is 0 Å². The molecule has 0 aromatic heterocycles. The van der Waals surface area contributed by atoms with Gasteiger partial charge >= 0.3 is 52.4 Å². The number of hydrogen-bond acceptors (Lipinski definition) is 0. The Labute approximate surface area is 544 Å². The quantitative estimate of drug-likeness (QED) is 0.154. The van der Waals surface area contributed by atoms with E-state index in [1.807, 2.05) is 0 Å². The number of aryl methyl sites for hydroxylation is 4. The van der Waals surface area contributed by atoms with Gasteiger partial charge in [0.05, 0.1) is 0 Å². The summed E-state index contributed by atoms with van der Waals surface area (Å²) < 4.78 is 0. The van der Waals surface area contributed by atoms with Gasteiger partial charge in [-0.25, -0.2) is 0 Å². The predicted octanol–water partition coefficient (Wildman–Crippen LogP) is 16.8. The van der Waals surface area contributed by atoms with Crippen LogP contribution in [0.3, 0.4) is 0 Å². The van der Waals surface area contributed by atoms with Crippen LogP contribution in [0.1, 0.15) is 22.3 Å². The zero-order chi connectivity index (χ0) is 54.1. The molecule has 0 spiro atoms. The molecule has 0 atom stereocenters. The van der Waals surface area contributed by atoms with Crippen LogP contribution in [-0.4, -0.2) is 0 Å². The van der Waals surface area contributed by atoms with Gasteiger partial charge in [-0.15, -0.1) is 72.8 Å². The third-order valence-electron chi connectivity index (χ3n) is 16.3. The summed E-state index contributed by atoms with van der Waals surface area (Å²) >= 11 is 0. The number of rotatable bonds is 4. The molecule has 0 fully saturated rings. The molecular weight excluding hydrogens is 1210 g/mol. The van der Waals surface area contributed by atoms with Crippen molar-refractivity contribution in [2.24, 2.45) is 0 Å². The van der Waals surface area contributed by atoms with Gasteiger partial charge in [-0.05, 0) is 21.5 Å². The number of benzene rings is 12. The van der Waals surface area contributed by atoms with Crippen LogP contribution in [0.25, 0.3) is 131 Å². The van der Waals surface area contributed by atoms with Gasteiger partial charge in [0.2, 0.25) is 0 Å². The molecule has 0 amide bonds. The van der Waals surface area contributed by atoms with Gasteiger partial charge in [0.15, 0.2) is 0 Å². The van der Waals surface area contributed by atoms with Gasteiger partial charge in [0.25, 0.3) is 0 Å². The monoisotopic (exact) mass is 1270 g/mol. The van der Waals surface area contributed by atoms with Crippen LogP contribution >= 0.6 is 0 Å². The van der Waals surface area contributed by atoms with E-state index in [4.69, 9.17) is 0 Å². The molecule has 0 saturated heterocycles. The molecule has 0 radical (unpaired) electrons. The molecule has 84 heavy (non-hydrogen) atoms. The standard InChI is InChI=1S/4C20H15.2ClH.2Zr/c4*1-14-10-11-16-7-3-5-9-18(16)20(14)19-13-12-15-6-2-4-8-17(15)19;;;;/h4*2-13H,1H3;2*1H;;/q4*-1;;;2*+2/p-2. The Hall–Kier alpha value is -7.53. The molecule has 0 aliphatic carbocycles. The van der Waals surface area contributed by atoms with Crippen molar-refractivity contribution < 1.29 is 77.2 Å². The van der Waals surface area contributed by atoms with Gasteiger partial charge < -0.3 is 24.8 Å². The molecule has 0 aliphatic rings. The van der Waals surface area contributed by atoms with E-state index in [0.29, 0.717) is 0 Å². The molecular formula is C80H60Cl2Zr2-2. The van der Waals surface area contributed by atoms with E-state index in [2.05, 4.69) is 319 Å². The summed E-state index contributed by atoms with van der Waals surface area (Å²) in [5.41, 5.74) is 16.2. The molecule has 16 aromatic rings. The van der Waals surface area contributed by atoms with Gasteiger partial charge in [-0.2, -0.15) is 0 Å². The summed E-state index contributed by atoms with van der Waals surface area (Å²) in [5.74, 6) is 0. The summed E-state index contributed by atoms with van der Waals surface area (Å²) in [6.45, 7) is 8.79. The average Bonchev–Trinajstić information content (AvgIpc) is 4.50. The van der Waals surface area contributed by atoms with Crippen molar-refractivity contribution >= 4 is 86.2 Å². The average molecular weight is 1270 g/mol. The molecule has 16 rings (SSSR count). The van der Waals surface area contributed by atoms with Crippen molar-refractivity contribution in [1.29, 1.82) is 0 Å². The molecule has 0 unspecified atom stereocenters. The molecule has 0 aliphatic heterocycles. The van der Waals surface area contributed by atoms with Gasteiger partial charge in [-0.1, -0.05) is 377 Å². The fourth-order valence-corrected chi connectivity index (χ4v) is 12.4. The molecule has 0 nitrogen and oxygen atoms in total. The maximum atomic E-state index is 2.25. The van der Waals surface area contributed by atoms with Crippen molar-refractivity contribution in [2.45, 2.75) is 27.7 Å². The molecule has 0 saturated carbocycles. The summed E-state index contributed by atoms with van der Waals surface area (Å²) in [6.07, 6.45) is 0. The van der Waals surface area contributed by atoms with Gasteiger partial charge in [0.1, 0.15) is 0 Å². The first-order valence-corrected chi connectivity index (χ1v) is 27.9. The van der Waals surface area contributed by atoms with Crippen LogP contribution < -0.4 is 24.8 Å². The van der Waals surface area contributed by atoms with Crippen LogP contribution in [0.5, 0.6) is 0 Å². The second-order valence-corrected chi connectivity index (χ2v) is 21.3. The second-order valence-electron chi connectivity index (χ2n) is 21.3. The first-order chi connectivity index (χ1) is 39.4. The molecule has 404 valence electrons. The van der Waals surface area contributed by atoms with Crippen molar-refractivity contribution in [3.05, 3.63) is 313 Å². The molecule has 0 heterocycles. The van der Waals surface area contributed by atoms with Crippen LogP contribution in [0.4, 0.5) is 0 Å². The largest absolute Gasteiger partial charge is 2.00 e. The van der Waals surface area contributed by atoms with Crippen molar-refractivity contribution in [1.82, 2.24) is 0 Å². The van der Waals surface area contributed by atoms with Crippen molar-refractivity contribution in [2.75, 3.05) is 0 Å². The van der Waals surface area contributed by atoms with Crippen LogP contribution in [0, 0.1) is 27.7 Å². The number of halogens is 2. The molecule has 0 N–H and O–H groups in total. The van der Waals surface area contributed by atoms with E-state index in [9.17, 15) is 0 Å². The summed E-state index contributed by atoms with van der Waals surface area (Å²) in [4.78, 5) is 0. The Kier molecular flexibility index (Phi) is 19.6. The first-order valence-electron chi connectivity index (χ1n) is 27.9. The minimum Gasteiger partial charge on any atom is -1.00 e. The Morgan fingerprint density at radius 2 is 0.369 bits per heavy atom. The van der Waals surface area contributed by atoms with Gasteiger partial charge in [-0.3, -0.25) is 0 Å². The molecule has 16 aromatic carbocycles. The normalized spacial score (nSPS) is 10.7. The Morgan fingerprint density at radius 1 is 0.190 bits per heavy atom.